The Morgan fingerprint density at radius 3 is 2.22 bits per heavy atom. The zero-order valence-corrected chi connectivity index (χ0v) is 8.90. The van der Waals surface area contributed by atoms with E-state index >= 15 is 0 Å². The maximum atomic E-state index is 10.8. The molecule has 0 aromatic heterocycles. The van der Waals surface area contributed by atoms with Gasteiger partial charge in [0.15, 0.2) is 6.29 Å². The van der Waals surface area contributed by atoms with Crippen LogP contribution in [-0.2, 0) is 0 Å². The molecule has 2 rings (SSSR count). The monoisotopic (exact) mass is 246 g/mol. The fourth-order valence-electron chi connectivity index (χ4n) is 1.66. The normalized spacial score (nSPS) is 10.2. The van der Waals surface area contributed by atoms with Gasteiger partial charge in [-0.1, -0.05) is 0 Å². The number of fused-ring (bicyclic) bond motifs is 1. The number of aldehydes is 1. The van der Waals surface area contributed by atoms with Crippen molar-refractivity contribution < 1.29 is 14.6 Å². The van der Waals surface area contributed by atoms with Gasteiger partial charge in [0.1, 0.15) is 0 Å². The van der Waals surface area contributed by atoms with Crippen LogP contribution in [0.4, 0.5) is 11.4 Å². The number of non-ortho nitro benzene ring substituents is 1. The molecule has 0 aliphatic rings. The van der Waals surface area contributed by atoms with Crippen molar-refractivity contribution in [1.29, 1.82) is 0 Å². The van der Waals surface area contributed by atoms with Crippen molar-refractivity contribution in [1.82, 2.24) is 0 Å². The van der Waals surface area contributed by atoms with Gasteiger partial charge >= 0.3 is 0 Å². The number of nitro benzene ring substituents is 2. The lowest BCUT2D eigenvalue weighted by molar-refractivity contribution is -0.385. The number of hydrogen-bond donors (Lipinski definition) is 0. The number of hydrogen-bond acceptors (Lipinski definition) is 5. The fourth-order valence-corrected chi connectivity index (χ4v) is 1.66. The van der Waals surface area contributed by atoms with E-state index in [1.165, 1.54) is 24.3 Å². The van der Waals surface area contributed by atoms with Crippen LogP contribution in [0.2, 0.25) is 0 Å². The number of benzene rings is 2. The average molecular weight is 246 g/mol. The highest BCUT2D eigenvalue weighted by Gasteiger charge is 2.16. The van der Waals surface area contributed by atoms with Crippen molar-refractivity contribution in [3.8, 4) is 0 Å². The molecule has 0 amide bonds. The second-order valence-corrected chi connectivity index (χ2v) is 3.57. The van der Waals surface area contributed by atoms with Crippen molar-refractivity contribution in [2.75, 3.05) is 0 Å². The summed E-state index contributed by atoms with van der Waals surface area (Å²) in [5.41, 5.74) is -0.574. The summed E-state index contributed by atoms with van der Waals surface area (Å²) in [6.07, 6.45) is 0.388. The van der Waals surface area contributed by atoms with Gasteiger partial charge in [0.2, 0.25) is 0 Å². The minimum atomic E-state index is -0.692. The maximum Gasteiger partial charge on any atom is 0.280 e. The van der Waals surface area contributed by atoms with Crippen LogP contribution in [0, 0.1) is 20.2 Å². The molecule has 0 aliphatic heterocycles. The molecule has 7 nitrogen and oxygen atoms in total. The zero-order valence-electron chi connectivity index (χ0n) is 8.90. The highest BCUT2D eigenvalue weighted by molar-refractivity contribution is 5.94. The molecule has 7 heteroatoms. The van der Waals surface area contributed by atoms with Crippen LogP contribution in [0.5, 0.6) is 0 Å². The number of carbonyl (C=O) groups is 1. The Morgan fingerprint density at radius 1 is 0.944 bits per heavy atom. The molecular formula is C11H6N2O5. The standard InChI is InChI=1S/C11H6N2O5/c14-6-9-3-7-1-2-10(12(15)16)4-8(7)5-11(9)13(17)18/h1-6H. The van der Waals surface area contributed by atoms with Gasteiger partial charge in [-0.15, -0.1) is 0 Å². The van der Waals surface area contributed by atoms with Gasteiger partial charge in [-0.05, 0) is 22.9 Å². The Labute approximate surface area is 99.9 Å². The smallest absolute Gasteiger partial charge is 0.280 e. The number of rotatable bonds is 3. The van der Waals surface area contributed by atoms with Crippen LogP contribution in [0.3, 0.4) is 0 Å². The van der Waals surface area contributed by atoms with E-state index in [-0.39, 0.29) is 16.9 Å². The number of nitro groups is 2. The Balaban J connectivity index is 2.75. The predicted molar refractivity (Wildman–Crippen MR) is 62.6 cm³/mol. The number of carbonyl (C=O) groups excluding carboxylic acids is 1. The summed E-state index contributed by atoms with van der Waals surface area (Å²) in [7, 11) is 0. The summed E-state index contributed by atoms with van der Waals surface area (Å²) < 4.78 is 0. The van der Waals surface area contributed by atoms with E-state index in [2.05, 4.69) is 0 Å². The van der Waals surface area contributed by atoms with Crippen molar-refractivity contribution in [2.45, 2.75) is 0 Å². The second-order valence-electron chi connectivity index (χ2n) is 3.57. The van der Waals surface area contributed by atoms with Crippen molar-refractivity contribution in [3.05, 3.63) is 56.1 Å². The summed E-state index contributed by atoms with van der Waals surface area (Å²) in [4.78, 5) is 30.8. The van der Waals surface area contributed by atoms with Gasteiger partial charge in [0.05, 0.1) is 15.4 Å². The minimum Gasteiger partial charge on any atom is -0.298 e. The highest BCUT2D eigenvalue weighted by atomic mass is 16.6. The first kappa shape index (κ1) is 11.6. The largest absolute Gasteiger partial charge is 0.298 e. The topological polar surface area (TPSA) is 103 Å². The fraction of sp³-hybridized carbons (Fsp3) is 0. The molecular weight excluding hydrogens is 240 g/mol. The Kier molecular flexibility index (Phi) is 2.72. The summed E-state index contributed by atoms with van der Waals surface area (Å²) >= 11 is 0. The Bertz CT molecular complexity index is 680. The van der Waals surface area contributed by atoms with E-state index in [0.29, 0.717) is 17.1 Å². The Morgan fingerprint density at radius 2 is 1.67 bits per heavy atom. The summed E-state index contributed by atoms with van der Waals surface area (Å²) in [5.74, 6) is 0. The van der Waals surface area contributed by atoms with Gasteiger partial charge in [0, 0.05) is 18.2 Å². The summed E-state index contributed by atoms with van der Waals surface area (Å²) in [5, 5.41) is 22.2. The third-order valence-corrected chi connectivity index (χ3v) is 2.50. The predicted octanol–water partition coefficient (Wildman–Crippen LogP) is 2.47. The zero-order chi connectivity index (χ0) is 13.3. The third-order valence-electron chi connectivity index (χ3n) is 2.50. The molecule has 0 unspecified atom stereocenters. The van der Waals surface area contributed by atoms with E-state index in [1.807, 2.05) is 0 Å². The van der Waals surface area contributed by atoms with Crippen LogP contribution >= 0.6 is 0 Å². The lowest BCUT2D eigenvalue weighted by atomic mass is 10.1. The van der Waals surface area contributed by atoms with E-state index < -0.39 is 9.85 Å². The maximum absolute atomic E-state index is 10.8. The van der Waals surface area contributed by atoms with E-state index in [4.69, 9.17) is 0 Å². The van der Waals surface area contributed by atoms with Gasteiger partial charge < -0.3 is 0 Å². The van der Waals surface area contributed by atoms with Gasteiger partial charge in [0.25, 0.3) is 11.4 Å². The van der Waals surface area contributed by atoms with Crippen molar-refractivity contribution in [3.63, 3.8) is 0 Å². The van der Waals surface area contributed by atoms with Gasteiger partial charge in [-0.25, -0.2) is 0 Å². The Hall–Kier alpha value is -2.83. The molecule has 18 heavy (non-hydrogen) atoms. The molecule has 0 saturated heterocycles. The molecule has 0 radical (unpaired) electrons. The molecule has 0 fully saturated rings. The van der Waals surface area contributed by atoms with Crippen LogP contribution < -0.4 is 0 Å². The van der Waals surface area contributed by atoms with Crippen LogP contribution in [-0.4, -0.2) is 16.1 Å². The first-order valence-corrected chi connectivity index (χ1v) is 4.84. The molecule has 2 aromatic rings. The molecule has 2 aromatic carbocycles. The van der Waals surface area contributed by atoms with Crippen LogP contribution in [0.15, 0.2) is 30.3 Å². The summed E-state index contributed by atoms with van der Waals surface area (Å²) in [6, 6.07) is 6.46. The molecule has 0 aliphatic carbocycles. The lowest BCUT2D eigenvalue weighted by Gasteiger charge is -2.00. The van der Waals surface area contributed by atoms with Crippen LogP contribution in [0.1, 0.15) is 10.4 Å². The molecule has 0 bridgehead atoms. The minimum absolute atomic E-state index is 0.0543. The van der Waals surface area contributed by atoms with E-state index in [1.54, 1.807) is 0 Å². The lowest BCUT2D eigenvalue weighted by Crippen LogP contribution is -1.95. The highest BCUT2D eigenvalue weighted by Crippen LogP contribution is 2.27. The first-order valence-electron chi connectivity index (χ1n) is 4.84. The molecule has 0 atom stereocenters. The quantitative estimate of drug-likeness (QED) is 0.470. The van der Waals surface area contributed by atoms with E-state index in [0.717, 1.165) is 6.07 Å². The van der Waals surface area contributed by atoms with E-state index in [9.17, 15) is 25.0 Å². The van der Waals surface area contributed by atoms with Crippen molar-refractivity contribution >= 4 is 28.4 Å². The van der Waals surface area contributed by atoms with Crippen LogP contribution in [0.25, 0.3) is 10.8 Å². The molecule has 90 valence electrons. The first-order chi connectivity index (χ1) is 8.52. The van der Waals surface area contributed by atoms with Gasteiger partial charge in [-0.2, -0.15) is 0 Å². The summed E-state index contributed by atoms with van der Waals surface area (Å²) in [6.45, 7) is 0. The number of nitrogens with zero attached hydrogens (tertiary/aromatic N) is 2. The third kappa shape index (κ3) is 1.88. The molecule has 0 heterocycles. The average Bonchev–Trinajstić information content (AvgIpc) is 2.36. The molecule has 0 saturated carbocycles. The van der Waals surface area contributed by atoms with Gasteiger partial charge in [-0.3, -0.25) is 25.0 Å². The molecule has 0 N–H and O–H groups in total. The van der Waals surface area contributed by atoms with Crippen molar-refractivity contribution in [2.24, 2.45) is 0 Å². The second kappa shape index (κ2) is 4.21. The molecule has 0 spiro atoms. The SMILES string of the molecule is O=Cc1cc2ccc([N+](=O)[O-])cc2cc1[N+](=O)[O-].